The molecule has 1 aliphatic rings. The number of aryl methyl sites for hydroxylation is 1. The van der Waals surface area contributed by atoms with Gasteiger partial charge in [0.2, 0.25) is 0 Å². The van der Waals surface area contributed by atoms with Crippen LogP contribution in [-0.4, -0.2) is 36.8 Å². The van der Waals surface area contributed by atoms with Gasteiger partial charge in [0.1, 0.15) is 18.1 Å². The van der Waals surface area contributed by atoms with Crippen LogP contribution < -0.4 is 15.4 Å². The van der Waals surface area contributed by atoms with E-state index in [1.165, 1.54) is 29.2 Å². The Morgan fingerprint density at radius 1 is 0.946 bits per heavy atom. The summed E-state index contributed by atoms with van der Waals surface area (Å²) in [4.78, 5) is 39.4. The highest BCUT2D eigenvalue weighted by Crippen LogP contribution is 2.28. The number of amidine groups is 1. The molecule has 0 radical (unpaired) electrons. The Morgan fingerprint density at radius 2 is 1.65 bits per heavy atom. The van der Waals surface area contributed by atoms with Crippen LogP contribution in [0.15, 0.2) is 78.4 Å². The van der Waals surface area contributed by atoms with Gasteiger partial charge in [-0.25, -0.2) is 4.79 Å². The predicted molar refractivity (Wildman–Crippen MR) is 141 cm³/mol. The molecule has 188 valence electrons. The average molecular weight is 498 g/mol. The molecule has 4 rings (SSSR count). The van der Waals surface area contributed by atoms with E-state index in [1.807, 2.05) is 24.3 Å². The smallest absolute Gasteiger partial charge is 0.343 e. The molecular formula is C29H27N3O5. The number of anilines is 1. The summed E-state index contributed by atoms with van der Waals surface area (Å²) >= 11 is 0. The second-order valence-electron chi connectivity index (χ2n) is 8.44. The van der Waals surface area contributed by atoms with Crippen LogP contribution in [0.5, 0.6) is 5.75 Å². The number of hydrogen-bond donors (Lipinski definition) is 2. The number of amides is 1. The number of para-hydroxylation sites is 1. The van der Waals surface area contributed by atoms with Gasteiger partial charge in [-0.05, 0) is 91.1 Å². The van der Waals surface area contributed by atoms with Gasteiger partial charge in [0.05, 0.1) is 12.2 Å². The lowest BCUT2D eigenvalue weighted by Crippen LogP contribution is -2.36. The number of nitrogens with zero attached hydrogens (tertiary/aromatic N) is 1. The third kappa shape index (κ3) is 6.10. The molecule has 3 aromatic rings. The number of nitrogens with two attached hydrogens (primary N) is 1. The van der Waals surface area contributed by atoms with Gasteiger partial charge in [0, 0.05) is 11.3 Å². The van der Waals surface area contributed by atoms with Gasteiger partial charge in [0.25, 0.3) is 5.91 Å². The van der Waals surface area contributed by atoms with E-state index in [1.54, 1.807) is 37.3 Å². The Kier molecular flexibility index (Phi) is 7.78. The number of ether oxygens (including phenoxy) is 2. The molecule has 1 aliphatic carbocycles. The molecule has 3 aromatic carbocycles. The number of fused-ring (bicyclic) bond motifs is 1. The highest BCUT2D eigenvalue weighted by molar-refractivity contribution is 6.08. The first-order valence-corrected chi connectivity index (χ1v) is 11.9. The number of nitrogens with one attached hydrogen (secondary N) is 1. The summed E-state index contributed by atoms with van der Waals surface area (Å²) in [5.74, 6) is -0.991. The molecule has 0 aliphatic heterocycles. The first-order chi connectivity index (χ1) is 17.9. The van der Waals surface area contributed by atoms with E-state index >= 15 is 0 Å². The first kappa shape index (κ1) is 25.4. The second kappa shape index (κ2) is 11.3. The summed E-state index contributed by atoms with van der Waals surface area (Å²) in [5, 5.41) is 7.61. The van der Waals surface area contributed by atoms with Crippen molar-refractivity contribution in [1.82, 2.24) is 0 Å². The summed E-state index contributed by atoms with van der Waals surface area (Å²) in [6.45, 7) is 1.69. The van der Waals surface area contributed by atoms with E-state index in [0.717, 1.165) is 16.7 Å². The molecule has 0 saturated carbocycles. The molecule has 0 bridgehead atoms. The van der Waals surface area contributed by atoms with Crippen LogP contribution in [0.1, 0.15) is 45.2 Å². The maximum Gasteiger partial charge on any atom is 0.343 e. The number of rotatable bonds is 8. The van der Waals surface area contributed by atoms with Crippen molar-refractivity contribution in [3.8, 4) is 5.75 Å². The Balaban J connectivity index is 1.47. The Hall–Kier alpha value is -4.72. The molecule has 0 saturated heterocycles. The maximum atomic E-state index is 13.2. The molecule has 0 aromatic heterocycles. The van der Waals surface area contributed by atoms with Gasteiger partial charge in [0.15, 0.2) is 0 Å². The van der Waals surface area contributed by atoms with Gasteiger partial charge in [-0.15, -0.1) is 0 Å². The quantitative estimate of drug-likeness (QED) is 0.206. The minimum Gasteiger partial charge on any atom is -0.465 e. The number of hydrogen-bond acceptors (Lipinski definition) is 6. The molecule has 0 atom stereocenters. The van der Waals surface area contributed by atoms with Crippen LogP contribution in [-0.2, 0) is 16.0 Å². The van der Waals surface area contributed by atoms with E-state index in [-0.39, 0.29) is 24.6 Å². The lowest BCUT2D eigenvalue weighted by atomic mass is 9.91. The molecule has 0 heterocycles. The fourth-order valence-electron chi connectivity index (χ4n) is 4.04. The molecule has 8 nitrogen and oxygen atoms in total. The summed E-state index contributed by atoms with van der Waals surface area (Å²) in [7, 11) is 0. The predicted octanol–water partition coefficient (Wildman–Crippen LogP) is 4.38. The lowest BCUT2D eigenvalue weighted by molar-refractivity contribution is -0.141. The van der Waals surface area contributed by atoms with Crippen molar-refractivity contribution in [2.24, 2.45) is 5.73 Å². The van der Waals surface area contributed by atoms with Crippen molar-refractivity contribution in [2.45, 2.75) is 19.8 Å². The topological polar surface area (TPSA) is 123 Å². The van der Waals surface area contributed by atoms with E-state index in [0.29, 0.717) is 29.8 Å². The Labute approximate surface area is 214 Å². The molecule has 0 fully saturated rings. The maximum absolute atomic E-state index is 13.2. The Bertz CT molecular complexity index is 1360. The molecule has 8 heteroatoms. The fourth-order valence-corrected chi connectivity index (χ4v) is 4.04. The summed E-state index contributed by atoms with van der Waals surface area (Å²) < 4.78 is 10.6. The number of carbonyl (C=O) groups is 3. The summed E-state index contributed by atoms with van der Waals surface area (Å²) in [6.07, 6.45) is 3.24. The van der Waals surface area contributed by atoms with Gasteiger partial charge in [-0.3, -0.25) is 19.9 Å². The van der Waals surface area contributed by atoms with Crippen LogP contribution in [0, 0.1) is 5.41 Å². The molecule has 0 unspecified atom stereocenters. The van der Waals surface area contributed by atoms with Crippen molar-refractivity contribution < 1.29 is 23.9 Å². The van der Waals surface area contributed by atoms with Gasteiger partial charge in [-0.2, -0.15) is 0 Å². The van der Waals surface area contributed by atoms with Gasteiger partial charge >= 0.3 is 11.9 Å². The average Bonchev–Trinajstić information content (AvgIpc) is 2.91. The molecule has 0 spiro atoms. The SMILES string of the molecule is CCOC(=O)CN(C(=O)c1ccc(C(=O)Oc2ccc3c(c2)CCC(C(=N)N)=C3)cc1)c1ccccc1. The van der Waals surface area contributed by atoms with E-state index < -0.39 is 17.8 Å². The molecule has 37 heavy (non-hydrogen) atoms. The number of benzene rings is 3. The zero-order valence-corrected chi connectivity index (χ0v) is 20.4. The van der Waals surface area contributed by atoms with Gasteiger partial charge < -0.3 is 15.2 Å². The standard InChI is InChI=1S/C29H27N3O5/c1-2-36-26(33)18-32(24-6-4-3-5-7-24)28(34)19-8-10-20(11-9-19)29(35)37-25-15-14-21-16-23(27(30)31)13-12-22(21)17-25/h3-11,14-17H,2,12-13,18H2,1H3,(H3,30,31). The van der Waals surface area contributed by atoms with Crippen LogP contribution in [0.3, 0.4) is 0 Å². The summed E-state index contributed by atoms with van der Waals surface area (Å²) in [5.41, 5.74) is 9.50. The van der Waals surface area contributed by atoms with E-state index in [2.05, 4.69) is 0 Å². The van der Waals surface area contributed by atoms with Crippen molar-refractivity contribution in [3.63, 3.8) is 0 Å². The zero-order chi connectivity index (χ0) is 26.4. The number of esters is 2. The normalized spacial score (nSPS) is 12.1. The minimum atomic E-state index is -0.554. The van der Waals surface area contributed by atoms with Crippen molar-refractivity contribution in [3.05, 3.63) is 101 Å². The van der Waals surface area contributed by atoms with E-state index in [9.17, 15) is 14.4 Å². The monoisotopic (exact) mass is 497 g/mol. The van der Waals surface area contributed by atoms with Crippen molar-refractivity contribution >= 4 is 35.4 Å². The van der Waals surface area contributed by atoms with Crippen molar-refractivity contribution in [2.75, 3.05) is 18.1 Å². The fraction of sp³-hybridized carbons (Fsp3) is 0.172. The van der Waals surface area contributed by atoms with Crippen LogP contribution in [0.4, 0.5) is 5.69 Å². The third-order valence-corrected chi connectivity index (χ3v) is 5.94. The largest absolute Gasteiger partial charge is 0.465 e. The van der Waals surface area contributed by atoms with Crippen LogP contribution in [0.2, 0.25) is 0 Å². The summed E-state index contributed by atoms with van der Waals surface area (Å²) in [6, 6.07) is 20.3. The molecule has 1 amide bonds. The van der Waals surface area contributed by atoms with Gasteiger partial charge in [-0.1, -0.05) is 24.3 Å². The second-order valence-corrected chi connectivity index (χ2v) is 8.44. The highest BCUT2D eigenvalue weighted by atomic mass is 16.5. The van der Waals surface area contributed by atoms with Crippen molar-refractivity contribution in [1.29, 1.82) is 5.41 Å². The third-order valence-electron chi connectivity index (χ3n) is 5.94. The lowest BCUT2D eigenvalue weighted by Gasteiger charge is -2.22. The van der Waals surface area contributed by atoms with Crippen LogP contribution >= 0.6 is 0 Å². The highest BCUT2D eigenvalue weighted by Gasteiger charge is 2.22. The molecular weight excluding hydrogens is 470 g/mol. The van der Waals surface area contributed by atoms with Crippen LogP contribution in [0.25, 0.3) is 6.08 Å². The minimum absolute atomic E-state index is 0.0656. The Morgan fingerprint density at radius 3 is 2.32 bits per heavy atom. The number of carbonyl (C=O) groups excluding carboxylic acids is 3. The molecule has 3 N–H and O–H groups in total. The zero-order valence-electron chi connectivity index (χ0n) is 20.4. The van der Waals surface area contributed by atoms with E-state index in [4.69, 9.17) is 20.6 Å². The first-order valence-electron chi connectivity index (χ1n) is 11.9.